The van der Waals surface area contributed by atoms with Gasteiger partial charge in [-0.25, -0.2) is 4.79 Å². The fraction of sp³-hybridized carbons (Fsp3) is 0.150. The van der Waals surface area contributed by atoms with Crippen LogP contribution in [0.2, 0.25) is 0 Å². The van der Waals surface area contributed by atoms with Crippen LogP contribution in [0.4, 0.5) is 0 Å². The lowest BCUT2D eigenvalue weighted by Crippen LogP contribution is -2.23. The van der Waals surface area contributed by atoms with Crippen molar-refractivity contribution in [3.8, 4) is 0 Å². The summed E-state index contributed by atoms with van der Waals surface area (Å²) in [4.78, 5) is 28.4. The Morgan fingerprint density at radius 3 is 2.60 bits per heavy atom. The van der Waals surface area contributed by atoms with Gasteiger partial charge in [-0.15, -0.1) is 0 Å². The molecule has 0 amide bonds. The van der Waals surface area contributed by atoms with Crippen molar-refractivity contribution in [1.29, 1.82) is 0 Å². The topological polar surface area (TPSA) is 61.2 Å². The van der Waals surface area contributed by atoms with E-state index in [0.717, 1.165) is 5.56 Å². The number of esters is 1. The van der Waals surface area contributed by atoms with Gasteiger partial charge in [-0.1, -0.05) is 54.6 Å². The Bertz CT molecular complexity index is 975. The van der Waals surface area contributed by atoms with Crippen LogP contribution in [0.15, 0.2) is 65.5 Å². The second-order valence-corrected chi connectivity index (χ2v) is 5.40. The predicted molar refractivity (Wildman–Crippen MR) is 97.4 cm³/mol. The van der Waals surface area contributed by atoms with Crippen molar-refractivity contribution in [3.05, 3.63) is 82.4 Å². The van der Waals surface area contributed by atoms with E-state index in [1.165, 1.54) is 0 Å². The van der Waals surface area contributed by atoms with Crippen LogP contribution >= 0.6 is 0 Å². The molecule has 1 aromatic heterocycles. The lowest BCUT2D eigenvalue weighted by Gasteiger charge is -2.13. The molecule has 0 aliphatic carbocycles. The van der Waals surface area contributed by atoms with Gasteiger partial charge in [0.15, 0.2) is 0 Å². The van der Waals surface area contributed by atoms with Crippen LogP contribution in [-0.4, -0.2) is 22.1 Å². The second-order valence-electron chi connectivity index (χ2n) is 5.40. The lowest BCUT2D eigenvalue weighted by molar-refractivity contribution is 0.0505. The van der Waals surface area contributed by atoms with E-state index in [1.807, 2.05) is 48.6 Å². The standard InChI is InChI=1S/C20H18N2O3/c1-2-25-20(24)18-21-19(23)16-12-6-7-13-17(16)22(18)14-8-11-15-9-4-3-5-10-15/h3-13H,2,14H2,1H3/b11-8+. The highest BCUT2D eigenvalue weighted by Gasteiger charge is 2.17. The minimum atomic E-state index is -0.599. The molecule has 0 bridgehead atoms. The van der Waals surface area contributed by atoms with Gasteiger partial charge in [0.05, 0.1) is 17.5 Å². The molecule has 126 valence electrons. The van der Waals surface area contributed by atoms with Gasteiger partial charge in [-0.2, -0.15) is 4.98 Å². The van der Waals surface area contributed by atoms with Crippen LogP contribution in [0.25, 0.3) is 17.0 Å². The number of hydrogen-bond acceptors (Lipinski definition) is 4. The zero-order valence-electron chi connectivity index (χ0n) is 13.9. The van der Waals surface area contributed by atoms with Gasteiger partial charge in [0.25, 0.3) is 5.56 Å². The van der Waals surface area contributed by atoms with Gasteiger partial charge < -0.3 is 9.30 Å². The minimum absolute atomic E-state index is 0.0169. The third-order valence-corrected chi connectivity index (χ3v) is 3.74. The van der Waals surface area contributed by atoms with Crippen LogP contribution < -0.4 is 5.56 Å². The first-order valence-electron chi connectivity index (χ1n) is 8.09. The van der Waals surface area contributed by atoms with Gasteiger partial charge >= 0.3 is 5.97 Å². The third-order valence-electron chi connectivity index (χ3n) is 3.74. The number of ether oxygens (including phenoxy) is 1. The quantitative estimate of drug-likeness (QED) is 0.672. The average Bonchev–Trinajstić information content (AvgIpc) is 2.64. The molecule has 5 nitrogen and oxygen atoms in total. The number of allylic oxidation sites excluding steroid dienone is 1. The van der Waals surface area contributed by atoms with E-state index < -0.39 is 11.5 Å². The number of nitrogens with zero attached hydrogens (tertiary/aromatic N) is 2. The lowest BCUT2D eigenvalue weighted by atomic mass is 10.2. The molecule has 0 unspecified atom stereocenters. The average molecular weight is 334 g/mol. The summed E-state index contributed by atoms with van der Waals surface area (Å²) >= 11 is 0. The molecule has 0 aliphatic rings. The van der Waals surface area contributed by atoms with Crippen molar-refractivity contribution in [3.63, 3.8) is 0 Å². The van der Waals surface area contributed by atoms with Crippen LogP contribution in [0, 0.1) is 0 Å². The van der Waals surface area contributed by atoms with Gasteiger partial charge in [0.2, 0.25) is 5.82 Å². The van der Waals surface area contributed by atoms with Crippen LogP contribution in [0.3, 0.4) is 0 Å². The first-order valence-corrected chi connectivity index (χ1v) is 8.09. The number of aromatic nitrogens is 2. The van der Waals surface area contributed by atoms with Crippen LogP contribution in [-0.2, 0) is 11.3 Å². The Balaban J connectivity index is 2.06. The van der Waals surface area contributed by atoms with E-state index in [0.29, 0.717) is 17.4 Å². The summed E-state index contributed by atoms with van der Waals surface area (Å²) in [6.07, 6.45) is 3.89. The SMILES string of the molecule is CCOC(=O)c1nc(=O)c2ccccc2n1C/C=C/c1ccccc1. The first-order chi connectivity index (χ1) is 12.2. The summed E-state index contributed by atoms with van der Waals surface area (Å²) in [6.45, 7) is 2.34. The number of carbonyl (C=O) groups excluding carboxylic acids is 1. The highest BCUT2D eigenvalue weighted by Crippen LogP contribution is 2.13. The second kappa shape index (κ2) is 7.57. The molecule has 1 heterocycles. The maximum Gasteiger partial charge on any atom is 0.374 e. The summed E-state index contributed by atoms with van der Waals surface area (Å²) < 4.78 is 6.75. The molecule has 0 radical (unpaired) electrons. The van der Waals surface area contributed by atoms with E-state index in [2.05, 4.69) is 4.98 Å². The number of hydrogen-bond donors (Lipinski definition) is 0. The molecule has 5 heteroatoms. The molecule has 3 rings (SSSR count). The Morgan fingerprint density at radius 1 is 1.12 bits per heavy atom. The molecular formula is C20H18N2O3. The van der Waals surface area contributed by atoms with Crippen LogP contribution in [0.5, 0.6) is 0 Å². The van der Waals surface area contributed by atoms with Gasteiger partial charge in [-0.05, 0) is 24.6 Å². The van der Waals surface area contributed by atoms with E-state index in [1.54, 1.807) is 29.7 Å². The third kappa shape index (κ3) is 3.66. The molecule has 0 spiro atoms. The number of benzene rings is 2. The monoisotopic (exact) mass is 334 g/mol. The number of rotatable bonds is 5. The maximum absolute atomic E-state index is 12.2. The molecule has 2 aromatic carbocycles. The molecule has 0 fully saturated rings. The Labute approximate surface area is 145 Å². The van der Waals surface area contributed by atoms with E-state index in [-0.39, 0.29) is 12.4 Å². The van der Waals surface area contributed by atoms with Crippen molar-refractivity contribution < 1.29 is 9.53 Å². The highest BCUT2D eigenvalue weighted by molar-refractivity contribution is 5.89. The summed E-state index contributed by atoms with van der Waals surface area (Å²) in [5.74, 6) is -0.582. The van der Waals surface area contributed by atoms with Crippen molar-refractivity contribution >= 4 is 22.9 Å². The summed E-state index contributed by atoms with van der Waals surface area (Å²) in [6, 6.07) is 17.0. The predicted octanol–water partition coefficient (Wildman–Crippen LogP) is 3.29. The van der Waals surface area contributed by atoms with E-state index in [9.17, 15) is 9.59 Å². The number of carbonyl (C=O) groups is 1. The normalized spacial score (nSPS) is 11.1. The molecule has 25 heavy (non-hydrogen) atoms. The largest absolute Gasteiger partial charge is 0.460 e. The smallest absolute Gasteiger partial charge is 0.374 e. The van der Waals surface area contributed by atoms with Gasteiger partial charge in [0.1, 0.15) is 0 Å². The van der Waals surface area contributed by atoms with Crippen molar-refractivity contribution in [2.75, 3.05) is 6.61 Å². The van der Waals surface area contributed by atoms with Gasteiger partial charge in [0, 0.05) is 6.54 Å². The summed E-state index contributed by atoms with van der Waals surface area (Å²) in [5.41, 5.74) is 1.28. The molecule has 3 aromatic rings. The minimum Gasteiger partial charge on any atom is -0.460 e. The Hall–Kier alpha value is -3.21. The fourth-order valence-corrected chi connectivity index (χ4v) is 2.62. The Morgan fingerprint density at radius 2 is 1.84 bits per heavy atom. The fourth-order valence-electron chi connectivity index (χ4n) is 2.62. The number of fused-ring (bicyclic) bond motifs is 1. The zero-order valence-corrected chi connectivity index (χ0v) is 13.9. The highest BCUT2D eigenvalue weighted by atomic mass is 16.5. The molecule has 0 saturated heterocycles. The molecule has 0 N–H and O–H groups in total. The molecule has 0 aliphatic heterocycles. The van der Waals surface area contributed by atoms with Gasteiger partial charge in [-0.3, -0.25) is 4.79 Å². The summed E-state index contributed by atoms with van der Waals surface area (Å²) in [5, 5.41) is 0.476. The van der Waals surface area contributed by atoms with Crippen LogP contribution in [0.1, 0.15) is 23.1 Å². The molecular weight excluding hydrogens is 316 g/mol. The molecule has 0 atom stereocenters. The zero-order chi connectivity index (χ0) is 17.6. The Kier molecular flexibility index (Phi) is 5.04. The van der Waals surface area contributed by atoms with E-state index >= 15 is 0 Å². The van der Waals surface area contributed by atoms with Crippen molar-refractivity contribution in [2.45, 2.75) is 13.5 Å². The summed E-state index contributed by atoms with van der Waals surface area (Å²) in [7, 11) is 0. The maximum atomic E-state index is 12.2. The van der Waals surface area contributed by atoms with Crippen molar-refractivity contribution in [2.24, 2.45) is 0 Å². The van der Waals surface area contributed by atoms with E-state index in [4.69, 9.17) is 4.74 Å². The molecule has 0 saturated carbocycles. The number of para-hydroxylation sites is 1. The first kappa shape index (κ1) is 16.6. The van der Waals surface area contributed by atoms with Crippen molar-refractivity contribution in [1.82, 2.24) is 9.55 Å².